The molecule has 1 aromatic rings. The van der Waals surface area contributed by atoms with Crippen molar-refractivity contribution in [3.63, 3.8) is 0 Å². The van der Waals surface area contributed by atoms with Gasteiger partial charge in [-0.15, -0.1) is 0 Å². The minimum atomic E-state index is -1.11. The molecule has 2 nitrogen and oxygen atoms in total. The maximum atomic E-state index is 14.7. The molecular weight excluding hydrogens is 262 g/mol. The predicted octanol–water partition coefficient (Wildman–Crippen LogP) is 4.02. The number of hydrogen-bond acceptors (Lipinski definition) is 2. The monoisotopic (exact) mass is 280 g/mol. The number of rotatable bonds is 4. The molecule has 108 valence electrons. The highest BCUT2D eigenvalue weighted by Gasteiger charge is 2.57. The Kier molecular flexibility index (Phi) is 3.38. The number of hydrogen-bond donors (Lipinski definition) is 0. The number of methoxy groups -OCH3 is 1. The molecule has 4 heteroatoms. The summed E-state index contributed by atoms with van der Waals surface area (Å²) >= 11 is 0. The summed E-state index contributed by atoms with van der Waals surface area (Å²) in [6.07, 6.45) is 2.12. The van der Waals surface area contributed by atoms with Crippen LogP contribution in [0, 0.1) is 0 Å². The Balaban J connectivity index is 2.01. The van der Waals surface area contributed by atoms with E-state index in [9.17, 15) is 8.78 Å². The summed E-state index contributed by atoms with van der Waals surface area (Å²) in [5.41, 5.74) is -1.06. The lowest BCUT2D eigenvalue weighted by molar-refractivity contribution is -0.150. The van der Waals surface area contributed by atoms with Crippen LogP contribution in [0.3, 0.4) is 0 Å². The Morgan fingerprint density at radius 1 is 1.00 bits per heavy atom. The minimum Gasteiger partial charge on any atom is -0.359 e. The zero-order chi connectivity index (χ0) is 14.2. The van der Waals surface area contributed by atoms with Crippen LogP contribution < -0.4 is 0 Å². The van der Waals surface area contributed by atoms with Crippen LogP contribution in [-0.2, 0) is 14.9 Å². The van der Waals surface area contributed by atoms with Crippen LogP contribution in [-0.4, -0.2) is 19.5 Å². The highest BCUT2D eigenvalue weighted by molar-refractivity contribution is 5.42. The Morgan fingerprint density at radius 2 is 1.65 bits per heavy atom. The number of benzene rings is 1. The largest absolute Gasteiger partial charge is 0.359 e. The zero-order valence-electron chi connectivity index (χ0n) is 11.5. The Labute approximate surface area is 117 Å². The highest BCUT2D eigenvalue weighted by Crippen LogP contribution is 2.58. The molecule has 2 bridgehead atoms. The molecule has 1 fully saturated rings. The summed E-state index contributed by atoms with van der Waals surface area (Å²) in [6, 6.07) is 9.37. The van der Waals surface area contributed by atoms with E-state index in [-0.39, 0.29) is 6.79 Å². The standard InChI is InChI=1S/C16H18F2O2/c1-19-11-20-16-9-7-15(8-10-16,13(17)14(16)18)12-5-3-2-4-6-12/h2-6H,7-11H2,1H3. The minimum absolute atomic E-state index is 0.0148. The first kappa shape index (κ1) is 13.7. The summed E-state index contributed by atoms with van der Waals surface area (Å²) in [4.78, 5) is 0. The van der Waals surface area contributed by atoms with Crippen LogP contribution in [0.1, 0.15) is 31.2 Å². The van der Waals surface area contributed by atoms with Crippen LogP contribution in [0.15, 0.2) is 42.0 Å². The molecule has 4 rings (SSSR count). The molecule has 0 saturated heterocycles. The van der Waals surface area contributed by atoms with E-state index in [2.05, 4.69) is 0 Å². The first-order chi connectivity index (χ1) is 9.65. The first-order valence-electron chi connectivity index (χ1n) is 6.89. The lowest BCUT2D eigenvalue weighted by Gasteiger charge is -2.50. The number of ether oxygens (including phenoxy) is 2. The van der Waals surface area contributed by atoms with Crippen molar-refractivity contribution in [1.29, 1.82) is 0 Å². The summed E-state index contributed by atoms with van der Waals surface area (Å²) in [5.74, 6) is -1.40. The van der Waals surface area contributed by atoms with E-state index in [1.54, 1.807) is 0 Å². The molecule has 0 radical (unpaired) electrons. The molecule has 3 aliphatic rings. The average molecular weight is 280 g/mol. The molecule has 0 spiro atoms. The fraction of sp³-hybridized carbons (Fsp3) is 0.500. The second-order valence-corrected chi connectivity index (χ2v) is 5.62. The van der Waals surface area contributed by atoms with Gasteiger partial charge in [-0.2, -0.15) is 0 Å². The Morgan fingerprint density at radius 3 is 2.25 bits per heavy atom. The van der Waals surface area contributed by atoms with Gasteiger partial charge in [-0.1, -0.05) is 30.3 Å². The van der Waals surface area contributed by atoms with Gasteiger partial charge in [0.25, 0.3) is 0 Å². The molecule has 1 saturated carbocycles. The second kappa shape index (κ2) is 4.93. The molecule has 20 heavy (non-hydrogen) atoms. The van der Waals surface area contributed by atoms with E-state index < -0.39 is 22.7 Å². The van der Waals surface area contributed by atoms with Gasteiger partial charge in [-0.3, -0.25) is 0 Å². The van der Waals surface area contributed by atoms with E-state index in [1.165, 1.54) is 7.11 Å². The van der Waals surface area contributed by atoms with Gasteiger partial charge < -0.3 is 9.47 Å². The van der Waals surface area contributed by atoms with Crippen LogP contribution in [0.5, 0.6) is 0 Å². The molecule has 0 aliphatic heterocycles. The molecule has 0 N–H and O–H groups in total. The fourth-order valence-corrected chi connectivity index (χ4v) is 3.48. The Bertz CT molecular complexity index is 517. The smallest absolute Gasteiger partial charge is 0.164 e. The second-order valence-electron chi connectivity index (χ2n) is 5.62. The fourth-order valence-electron chi connectivity index (χ4n) is 3.48. The van der Waals surface area contributed by atoms with Crippen molar-refractivity contribution < 1.29 is 18.3 Å². The number of halogens is 2. The molecule has 0 unspecified atom stereocenters. The number of fused-ring (bicyclic) bond motifs is 2. The summed E-state index contributed by atoms with van der Waals surface area (Å²) in [5, 5.41) is 0. The molecule has 3 aliphatic carbocycles. The molecule has 0 atom stereocenters. The van der Waals surface area contributed by atoms with Crippen molar-refractivity contribution in [1.82, 2.24) is 0 Å². The molecular formula is C16H18F2O2. The van der Waals surface area contributed by atoms with Gasteiger partial charge in [0.2, 0.25) is 0 Å². The third-order valence-electron chi connectivity index (χ3n) is 4.70. The molecule has 0 heterocycles. The predicted molar refractivity (Wildman–Crippen MR) is 71.5 cm³/mol. The zero-order valence-corrected chi connectivity index (χ0v) is 11.5. The topological polar surface area (TPSA) is 18.5 Å². The van der Waals surface area contributed by atoms with E-state index in [0.717, 1.165) is 5.56 Å². The van der Waals surface area contributed by atoms with Gasteiger partial charge >= 0.3 is 0 Å². The van der Waals surface area contributed by atoms with Gasteiger partial charge in [0.05, 0.1) is 5.41 Å². The van der Waals surface area contributed by atoms with Crippen LogP contribution >= 0.6 is 0 Å². The third-order valence-corrected chi connectivity index (χ3v) is 4.70. The Hall–Kier alpha value is -1.26. The average Bonchev–Trinajstić information content (AvgIpc) is 2.52. The van der Waals surface area contributed by atoms with Crippen LogP contribution in [0.4, 0.5) is 8.78 Å². The van der Waals surface area contributed by atoms with Crippen LogP contribution in [0.2, 0.25) is 0 Å². The maximum Gasteiger partial charge on any atom is 0.164 e. The van der Waals surface area contributed by atoms with Crippen molar-refractivity contribution in [3.05, 3.63) is 47.5 Å². The van der Waals surface area contributed by atoms with Crippen molar-refractivity contribution >= 4 is 0 Å². The van der Waals surface area contributed by atoms with Gasteiger partial charge in [0.15, 0.2) is 5.83 Å². The van der Waals surface area contributed by atoms with Gasteiger partial charge in [-0.25, -0.2) is 8.78 Å². The first-order valence-corrected chi connectivity index (χ1v) is 6.89. The van der Waals surface area contributed by atoms with Crippen molar-refractivity contribution in [2.24, 2.45) is 0 Å². The van der Waals surface area contributed by atoms with Gasteiger partial charge in [0.1, 0.15) is 18.2 Å². The number of allylic oxidation sites excluding steroid dienone is 1. The molecule has 0 aromatic heterocycles. The molecule has 0 amide bonds. The third kappa shape index (κ3) is 1.82. The van der Waals surface area contributed by atoms with Crippen molar-refractivity contribution in [2.75, 3.05) is 13.9 Å². The van der Waals surface area contributed by atoms with E-state index in [0.29, 0.717) is 25.7 Å². The summed E-state index contributed by atoms with van der Waals surface area (Å²) < 4.78 is 39.5. The van der Waals surface area contributed by atoms with E-state index in [4.69, 9.17) is 9.47 Å². The van der Waals surface area contributed by atoms with E-state index in [1.807, 2.05) is 30.3 Å². The highest BCUT2D eigenvalue weighted by atomic mass is 19.2. The normalized spacial score (nSPS) is 32.8. The summed E-state index contributed by atoms with van der Waals surface area (Å²) in [7, 11) is 1.48. The van der Waals surface area contributed by atoms with Crippen molar-refractivity contribution in [3.8, 4) is 0 Å². The maximum absolute atomic E-state index is 14.7. The molecule has 1 aromatic carbocycles. The van der Waals surface area contributed by atoms with Crippen LogP contribution in [0.25, 0.3) is 0 Å². The van der Waals surface area contributed by atoms with Crippen molar-refractivity contribution in [2.45, 2.75) is 36.7 Å². The van der Waals surface area contributed by atoms with Gasteiger partial charge in [0, 0.05) is 7.11 Å². The van der Waals surface area contributed by atoms with E-state index >= 15 is 0 Å². The summed E-state index contributed by atoms with van der Waals surface area (Å²) in [6.45, 7) is -0.0148. The lowest BCUT2D eigenvalue weighted by Crippen LogP contribution is -2.50. The lowest BCUT2D eigenvalue weighted by atomic mass is 9.59. The quantitative estimate of drug-likeness (QED) is 0.775. The van der Waals surface area contributed by atoms with Gasteiger partial charge in [-0.05, 0) is 31.2 Å². The SMILES string of the molecule is COCOC12CCC(c3ccccc3)(CC1)C(F)=C2F.